The smallest absolute Gasteiger partial charge is 0.0536 e. The lowest BCUT2D eigenvalue weighted by atomic mass is 9.92. The van der Waals surface area contributed by atoms with Gasteiger partial charge in [-0.15, -0.1) is 31.4 Å². The van der Waals surface area contributed by atoms with E-state index >= 15 is 0 Å². The van der Waals surface area contributed by atoms with Gasteiger partial charge in [0.05, 0.1) is 6.04 Å². The van der Waals surface area contributed by atoms with Crippen molar-refractivity contribution in [3.8, 4) is 0 Å². The summed E-state index contributed by atoms with van der Waals surface area (Å²) in [5.74, 6) is 0. The van der Waals surface area contributed by atoms with Gasteiger partial charge in [-0.25, -0.2) is 0 Å². The number of halogens is 2. The summed E-state index contributed by atoms with van der Waals surface area (Å²) < 4.78 is 0. The first kappa shape index (κ1) is 19.7. The van der Waals surface area contributed by atoms with Crippen molar-refractivity contribution in [3.05, 3.63) is 72.8 Å². The third-order valence-corrected chi connectivity index (χ3v) is 4.89. The van der Waals surface area contributed by atoms with Crippen molar-refractivity contribution in [2.75, 3.05) is 26.2 Å². The maximum absolute atomic E-state index is 4.14. The fraction of sp³-hybridized carbons (Fsp3) is 0.238. The quantitative estimate of drug-likeness (QED) is 0.514. The molecule has 0 aromatic heterocycles. The van der Waals surface area contributed by atoms with E-state index in [1.807, 2.05) is 0 Å². The molecule has 1 atom stereocenters. The molecule has 1 saturated heterocycles. The first-order valence-corrected chi connectivity index (χ1v) is 8.36. The maximum Gasteiger partial charge on any atom is 0.0536 e. The zero-order valence-corrected chi connectivity index (χ0v) is 15.8. The fourth-order valence-corrected chi connectivity index (χ4v) is 3.76. The molecule has 1 aliphatic heterocycles. The summed E-state index contributed by atoms with van der Waals surface area (Å²) in [5.41, 5.74) is 1.37. The van der Waals surface area contributed by atoms with Crippen LogP contribution in [0.3, 0.4) is 0 Å². The summed E-state index contributed by atoms with van der Waals surface area (Å²) in [6.45, 7) is 8.37. The molecule has 3 aromatic carbocycles. The lowest BCUT2D eigenvalue weighted by molar-refractivity contribution is 0.204. The molecule has 1 aliphatic rings. The Morgan fingerprint density at radius 2 is 1.48 bits per heavy atom. The Bertz CT molecular complexity index is 857. The average molecular weight is 375 g/mol. The van der Waals surface area contributed by atoms with Crippen molar-refractivity contribution < 1.29 is 0 Å². The number of piperazine rings is 1. The SMILES string of the molecule is C=C[C@H](c1cc2ccccc2c2ccccc12)N1CCNCC1.Cl.Cl. The van der Waals surface area contributed by atoms with Gasteiger partial charge in [-0.1, -0.05) is 54.6 Å². The van der Waals surface area contributed by atoms with Crippen LogP contribution in [-0.4, -0.2) is 31.1 Å². The molecule has 2 nitrogen and oxygen atoms in total. The van der Waals surface area contributed by atoms with Gasteiger partial charge in [-0.3, -0.25) is 4.90 Å². The largest absolute Gasteiger partial charge is 0.314 e. The Kier molecular flexibility index (Phi) is 6.86. The Morgan fingerprint density at radius 3 is 2.16 bits per heavy atom. The number of rotatable bonds is 3. The average Bonchev–Trinajstić information content (AvgIpc) is 2.63. The van der Waals surface area contributed by atoms with Crippen molar-refractivity contribution in [2.45, 2.75) is 6.04 Å². The van der Waals surface area contributed by atoms with Crippen molar-refractivity contribution in [1.29, 1.82) is 0 Å². The molecule has 4 heteroatoms. The highest BCUT2D eigenvalue weighted by Gasteiger charge is 2.21. The monoisotopic (exact) mass is 374 g/mol. The van der Waals surface area contributed by atoms with Gasteiger partial charge in [-0.05, 0) is 33.2 Å². The van der Waals surface area contributed by atoms with Gasteiger partial charge < -0.3 is 5.32 Å². The molecule has 4 rings (SSSR count). The predicted octanol–water partition coefficient (Wildman–Crippen LogP) is 4.97. The van der Waals surface area contributed by atoms with Crippen LogP contribution in [0.1, 0.15) is 11.6 Å². The molecular weight excluding hydrogens is 351 g/mol. The van der Waals surface area contributed by atoms with Crippen LogP contribution in [0.5, 0.6) is 0 Å². The number of benzene rings is 3. The van der Waals surface area contributed by atoms with E-state index in [1.54, 1.807) is 0 Å². The van der Waals surface area contributed by atoms with Crippen LogP contribution in [0.4, 0.5) is 0 Å². The van der Waals surface area contributed by atoms with Crippen LogP contribution in [0.15, 0.2) is 67.3 Å². The van der Waals surface area contributed by atoms with Gasteiger partial charge in [0.2, 0.25) is 0 Å². The minimum Gasteiger partial charge on any atom is -0.314 e. The van der Waals surface area contributed by atoms with Crippen LogP contribution in [0.25, 0.3) is 21.5 Å². The van der Waals surface area contributed by atoms with Gasteiger partial charge in [0.15, 0.2) is 0 Å². The third-order valence-electron chi connectivity index (χ3n) is 4.89. The van der Waals surface area contributed by atoms with E-state index in [-0.39, 0.29) is 30.9 Å². The molecule has 0 radical (unpaired) electrons. The minimum absolute atomic E-state index is 0. The van der Waals surface area contributed by atoms with E-state index in [2.05, 4.69) is 77.5 Å². The number of nitrogens with one attached hydrogen (secondary N) is 1. The standard InChI is InChI=1S/C21H22N2.2ClH/c1-2-21(23-13-11-22-12-14-23)20-15-16-7-3-4-8-17(16)18-9-5-6-10-19(18)20;;/h2-10,15,21-22H,1,11-14H2;2*1H/t21-;;/m1../s1. The number of hydrogen-bond acceptors (Lipinski definition) is 2. The minimum atomic E-state index is 0. The second-order valence-corrected chi connectivity index (χ2v) is 6.20. The van der Waals surface area contributed by atoms with Gasteiger partial charge in [0.1, 0.15) is 0 Å². The Labute approximate surface area is 161 Å². The molecule has 0 unspecified atom stereocenters. The Hall–Kier alpha value is -1.58. The molecule has 132 valence electrons. The normalized spacial score (nSPS) is 16.0. The summed E-state index contributed by atoms with van der Waals surface area (Å²) in [4.78, 5) is 2.53. The molecule has 0 bridgehead atoms. The summed E-state index contributed by atoms with van der Waals surface area (Å²) in [6, 6.07) is 20.0. The van der Waals surface area contributed by atoms with Gasteiger partial charge >= 0.3 is 0 Å². The zero-order valence-electron chi connectivity index (χ0n) is 14.2. The van der Waals surface area contributed by atoms with Gasteiger partial charge in [-0.2, -0.15) is 0 Å². The van der Waals surface area contributed by atoms with E-state index in [9.17, 15) is 0 Å². The molecule has 0 aliphatic carbocycles. The highest BCUT2D eigenvalue weighted by molar-refractivity contribution is 6.09. The van der Waals surface area contributed by atoms with Crippen LogP contribution in [0, 0.1) is 0 Å². The molecule has 3 aromatic rings. The molecule has 1 fully saturated rings. The van der Waals surface area contributed by atoms with E-state index in [4.69, 9.17) is 0 Å². The molecule has 1 N–H and O–H groups in total. The van der Waals surface area contributed by atoms with Gasteiger partial charge in [0.25, 0.3) is 0 Å². The zero-order chi connectivity index (χ0) is 15.6. The molecule has 0 saturated carbocycles. The van der Waals surface area contributed by atoms with Crippen LogP contribution in [-0.2, 0) is 0 Å². The predicted molar refractivity (Wildman–Crippen MR) is 113 cm³/mol. The lowest BCUT2D eigenvalue weighted by Crippen LogP contribution is -2.44. The maximum atomic E-state index is 4.14. The lowest BCUT2D eigenvalue weighted by Gasteiger charge is -2.34. The van der Waals surface area contributed by atoms with E-state index in [1.165, 1.54) is 27.1 Å². The third kappa shape index (κ3) is 3.68. The summed E-state index contributed by atoms with van der Waals surface area (Å²) >= 11 is 0. The highest BCUT2D eigenvalue weighted by Crippen LogP contribution is 2.34. The molecule has 1 heterocycles. The van der Waals surface area contributed by atoms with Gasteiger partial charge in [0, 0.05) is 26.2 Å². The number of hydrogen-bond donors (Lipinski definition) is 1. The highest BCUT2D eigenvalue weighted by atomic mass is 35.5. The van der Waals surface area contributed by atoms with Crippen molar-refractivity contribution in [2.24, 2.45) is 0 Å². The first-order chi connectivity index (χ1) is 11.4. The summed E-state index contributed by atoms with van der Waals surface area (Å²) in [6.07, 6.45) is 2.10. The van der Waals surface area contributed by atoms with Crippen LogP contribution < -0.4 is 5.32 Å². The molecule has 0 spiro atoms. The number of fused-ring (bicyclic) bond motifs is 3. The van der Waals surface area contributed by atoms with Crippen molar-refractivity contribution in [3.63, 3.8) is 0 Å². The van der Waals surface area contributed by atoms with E-state index in [0.29, 0.717) is 0 Å². The van der Waals surface area contributed by atoms with Crippen molar-refractivity contribution >= 4 is 46.4 Å². The summed E-state index contributed by atoms with van der Waals surface area (Å²) in [7, 11) is 0. The second kappa shape index (κ2) is 8.68. The number of nitrogens with zero attached hydrogens (tertiary/aromatic N) is 1. The summed E-state index contributed by atoms with van der Waals surface area (Å²) in [5, 5.41) is 8.75. The molecular formula is C21H24Cl2N2. The fourth-order valence-electron chi connectivity index (χ4n) is 3.76. The molecule has 25 heavy (non-hydrogen) atoms. The first-order valence-electron chi connectivity index (χ1n) is 8.36. The Balaban J connectivity index is 0.00000113. The van der Waals surface area contributed by atoms with Crippen LogP contribution >= 0.6 is 24.8 Å². The van der Waals surface area contributed by atoms with E-state index in [0.717, 1.165) is 26.2 Å². The van der Waals surface area contributed by atoms with Crippen LogP contribution in [0.2, 0.25) is 0 Å². The van der Waals surface area contributed by atoms with Crippen molar-refractivity contribution in [1.82, 2.24) is 10.2 Å². The van der Waals surface area contributed by atoms with E-state index < -0.39 is 0 Å². The Morgan fingerprint density at radius 1 is 0.880 bits per heavy atom. The topological polar surface area (TPSA) is 15.3 Å². The molecule has 0 amide bonds. The second-order valence-electron chi connectivity index (χ2n) is 6.20.